The van der Waals surface area contributed by atoms with E-state index >= 15 is 0 Å². The van der Waals surface area contributed by atoms with Gasteiger partial charge in [0, 0.05) is 6.42 Å². The van der Waals surface area contributed by atoms with Crippen molar-refractivity contribution in [1.82, 2.24) is 5.32 Å². The van der Waals surface area contributed by atoms with E-state index < -0.39 is 35.6 Å². The third-order valence-electron chi connectivity index (χ3n) is 5.14. The number of alkyl halides is 3. The lowest BCUT2D eigenvalue weighted by Gasteiger charge is -2.28. The number of terminal acetylenes is 1. The maximum Gasteiger partial charge on any atom is 0.428 e. The summed E-state index contributed by atoms with van der Waals surface area (Å²) in [6.45, 7) is 8.86. The van der Waals surface area contributed by atoms with E-state index in [1.165, 1.54) is 0 Å². The molecule has 5 nitrogen and oxygen atoms in total. The summed E-state index contributed by atoms with van der Waals surface area (Å²) in [5.41, 5.74) is 1.68. The first-order valence-electron chi connectivity index (χ1n) is 9.86. The van der Waals surface area contributed by atoms with Gasteiger partial charge < -0.3 is 14.9 Å². The van der Waals surface area contributed by atoms with Crippen molar-refractivity contribution < 1.29 is 27.5 Å². The summed E-state index contributed by atoms with van der Waals surface area (Å²) in [4.78, 5) is 17.4. The monoisotopic (exact) mass is 468 g/mol. The third-order valence-corrected chi connectivity index (χ3v) is 5.88. The molecule has 0 bridgehead atoms. The Balaban J connectivity index is 2.16. The Morgan fingerprint density at radius 3 is 2.59 bits per heavy atom. The van der Waals surface area contributed by atoms with Crippen LogP contribution in [0.15, 0.2) is 22.9 Å². The average Bonchev–Trinajstić information content (AvgIpc) is 3.21. The minimum atomic E-state index is -4.52. The lowest BCUT2D eigenvalue weighted by atomic mass is 9.94. The topological polar surface area (TPSA) is 59.9 Å². The van der Waals surface area contributed by atoms with Crippen LogP contribution in [0.2, 0.25) is 0 Å². The molecule has 1 aromatic rings. The number of hydrogen-bond donors (Lipinski definition) is 1. The molecular formula is C23H27F3N2O3S. The van der Waals surface area contributed by atoms with Crippen LogP contribution < -0.4 is 10.1 Å². The molecule has 1 N–H and O–H groups in total. The third kappa shape index (κ3) is 6.22. The predicted molar refractivity (Wildman–Crippen MR) is 122 cm³/mol. The number of halogens is 3. The van der Waals surface area contributed by atoms with Crippen LogP contribution in [0.25, 0.3) is 6.08 Å². The number of thioether (sulfide) groups is 1. The van der Waals surface area contributed by atoms with E-state index in [4.69, 9.17) is 11.2 Å². The first kappa shape index (κ1) is 25.7. The van der Waals surface area contributed by atoms with Crippen LogP contribution in [0.4, 0.5) is 13.2 Å². The van der Waals surface area contributed by atoms with E-state index in [9.17, 15) is 18.0 Å². The van der Waals surface area contributed by atoms with Gasteiger partial charge in [-0.3, -0.25) is 4.79 Å². The highest BCUT2D eigenvalue weighted by molar-refractivity contribution is 7.99. The normalized spacial score (nSPS) is 17.8. The van der Waals surface area contributed by atoms with Gasteiger partial charge in [0.1, 0.15) is 5.75 Å². The molecule has 32 heavy (non-hydrogen) atoms. The molecule has 1 heterocycles. The van der Waals surface area contributed by atoms with Crippen molar-refractivity contribution in [2.75, 3.05) is 6.26 Å². The Labute approximate surface area is 190 Å². The van der Waals surface area contributed by atoms with Gasteiger partial charge in [0.05, 0.1) is 11.3 Å². The highest BCUT2D eigenvalue weighted by Gasteiger charge is 2.48. The van der Waals surface area contributed by atoms with Gasteiger partial charge in [0.25, 0.3) is 5.91 Å². The fourth-order valence-electron chi connectivity index (χ4n) is 3.04. The second-order valence-electron chi connectivity index (χ2n) is 8.10. The fraction of sp³-hybridized carbons (Fsp3) is 0.478. The number of hydrogen-bond acceptors (Lipinski definition) is 5. The standard InChI is InChI=1S/C23H27F3N2O3S/c1-8-13(2)9-16-11-17(10-14(3)15(16)4)30-21(32-7)20(29)27-22(5,6)18-12-19(31-28-18)23(24,25)26/h1,9-11,19,21H,12H2,2-7H3,(H,27,29). The number of nitrogens with zero attached hydrogens (tertiary/aromatic N) is 1. The second-order valence-corrected chi connectivity index (χ2v) is 9.00. The van der Waals surface area contributed by atoms with Crippen LogP contribution in [0, 0.1) is 26.2 Å². The second kappa shape index (κ2) is 9.90. The predicted octanol–water partition coefficient (Wildman–Crippen LogP) is 5.01. The fourth-order valence-corrected chi connectivity index (χ4v) is 3.52. The first-order chi connectivity index (χ1) is 14.8. The molecule has 1 aliphatic heterocycles. The molecule has 0 aromatic heterocycles. The number of rotatable bonds is 7. The molecule has 0 spiro atoms. The lowest BCUT2D eigenvalue weighted by molar-refractivity contribution is -0.212. The van der Waals surface area contributed by atoms with Crippen LogP contribution in [0.3, 0.4) is 0 Å². The molecule has 1 aliphatic rings. The highest BCUT2D eigenvalue weighted by Crippen LogP contribution is 2.32. The van der Waals surface area contributed by atoms with E-state index in [0.717, 1.165) is 34.0 Å². The number of ether oxygens (including phenoxy) is 1. The molecular weight excluding hydrogens is 441 g/mol. The number of benzene rings is 1. The molecule has 1 aromatic carbocycles. The Kier molecular flexibility index (Phi) is 7.94. The van der Waals surface area contributed by atoms with Crippen molar-refractivity contribution in [3.8, 4) is 18.1 Å². The van der Waals surface area contributed by atoms with Gasteiger partial charge in [0.15, 0.2) is 0 Å². The molecule has 174 valence electrons. The summed E-state index contributed by atoms with van der Waals surface area (Å²) in [6, 6.07) is 3.62. The van der Waals surface area contributed by atoms with Crippen molar-refractivity contribution in [2.24, 2.45) is 5.16 Å². The smallest absolute Gasteiger partial charge is 0.428 e. The summed E-state index contributed by atoms with van der Waals surface area (Å²) >= 11 is 1.16. The number of carbonyl (C=O) groups excluding carboxylic acids is 1. The van der Waals surface area contributed by atoms with E-state index in [1.807, 2.05) is 32.9 Å². The van der Waals surface area contributed by atoms with Gasteiger partial charge in [-0.1, -0.05) is 11.1 Å². The minimum absolute atomic E-state index is 0.108. The van der Waals surface area contributed by atoms with Crippen molar-refractivity contribution in [2.45, 2.75) is 64.3 Å². The van der Waals surface area contributed by atoms with Crippen molar-refractivity contribution in [3.05, 3.63) is 34.4 Å². The highest BCUT2D eigenvalue weighted by atomic mass is 32.2. The lowest BCUT2D eigenvalue weighted by Crippen LogP contribution is -2.53. The molecule has 1 amide bonds. The molecule has 0 radical (unpaired) electrons. The number of allylic oxidation sites excluding steroid dienone is 1. The van der Waals surface area contributed by atoms with Gasteiger partial charge >= 0.3 is 6.18 Å². The summed E-state index contributed by atoms with van der Waals surface area (Å²) in [6.07, 6.45) is 2.04. The van der Waals surface area contributed by atoms with Crippen molar-refractivity contribution in [3.63, 3.8) is 0 Å². The zero-order valence-electron chi connectivity index (χ0n) is 18.9. The SMILES string of the molecule is C#CC(C)=Cc1cc(OC(SC)C(=O)NC(C)(C)C2=NOC(C(F)(F)F)C2)cc(C)c1C. The van der Waals surface area contributed by atoms with E-state index in [2.05, 4.69) is 21.2 Å². The summed E-state index contributed by atoms with van der Waals surface area (Å²) in [5.74, 6) is 2.57. The quantitative estimate of drug-likeness (QED) is 0.452. The number of amides is 1. The number of carbonyl (C=O) groups is 1. The minimum Gasteiger partial charge on any atom is -0.470 e. The van der Waals surface area contributed by atoms with Crippen LogP contribution in [-0.2, 0) is 9.63 Å². The van der Waals surface area contributed by atoms with E-state index in [1.54, 1.807) is 26.2 Å². The zero-order valence-corrected chi connectivity index (χ0v) is 19.7. The van der Waals surface area contributed by atoms with Gasteiger partial charge in [-0.15, -0.1) is 18.2 Å². The number of nitrogens with one attached hydrogen (secondary N) is 1. The number of oxime groups is 1. The van der Waals surface area contributed by atoms with Gasteiger partial charge in [-0.2, -0.15) is 13.2 Å². The summed E-state index contributed by atoms with van der Waals surface area (Å²) in [5, 5.41) is 6.28. The maximum atomic E-state index is 12.9. The largest absolute Gasteiger partial charge is 0.470 e. The van der Waals surface area contributed by atoms with Gasteiger partial charge in [0.2, 0.25) is 11.5 Å². The van der Waals surface area contributed by atoms with Crippen LogP contribution in [0.5, 0.6) is 5.75 Å². The van der Waals surface area contributed by atoms with Gasteiger partial charge in [-0.05, 0) is 81.3 Å². The molecule has 2 atom stereocenters. The van der Waals surface area contributed by atoms with E-state index in [0.29, 0.717) is 5.75 Å². The molecule has 2 unspecified atom stereocenters. The maximum absolute atomic E-state index is 12.9. The van der Waals surface area contributed by atoms with Crippen molar-refractivity contribution in [1.29, 1.82) is 0 Å². The molecule has 0 aliphatic carbocycles. The van der Waals surface area contributed by atoms with Crippen LogP contribution in [-0.4, -0.2) is 41.1 Å². The number of aryl methyl sites for hydroxylation is 1. The zero-order chi connectivity index (χ0) is 24.3. The Morgan fingerprint density at radius 2 is 2.06 bits per heavy atom. The Hall–Kier alpha value is -2.60. The molecule has 9 heteroatoms. The Morgan fingerprint density at radius 1 is 1.41 bits per heavy atom. The van der Waals surface area contributed by atoms with E-state index in [-0.39, 0.29) is 5.71 Å². The molecule has 0 fully saturated rings. The average molecular weight is 469 g/mol. The van der Waals surface area contributed by atoms with Crippen LogP contribution in [0.1, 0.15) is 43.9 Å². The summed E-state index contributed by atoms with van der Waals surface area (Å²) in [7, 11) is 0. The molecule has 0 saturated heterocycles. The van der Waals surface area contributed by atoms with Crippen molar-refractivity contribution >= 4 is 29.5 Å². The van der Waals surface area contributed by atoms with Crippen LogP contribution >= 0.6 is 11.8 Å². The molecule has 2 rings (SSSR count). The van der Waals surface area contributed by atoms with Gasteiger partial charge in [-0.25, -0.2) is 0 Å². The first-order valence-corrected chi connectivity index (χ1v) is 11.1. The molecule has 0 saturated carbocycles. The Bertz CT molecular complexity index is 978. The summed E-state index contributed by atoms with van der Waals surface area (Å²) < 4.78 is 44.6.